The molecule has 0 radical (unpaired) electrons. The van der Waals surface area contributed by atoms with Gasteiger partial charge in [-0.15, -0.1) is 0 Å². The van der Waals surface area contributed by atoms with Gasteiger partial charge in [0.1, 0.15) is 0 Å². The van der Waals surface area contributed by atoms with Gasteiger partial charge in [0, 0.05) is 39.2 Å². The van der Waals surface area contributed by atoms with Crippen LogP contribution < -0.4 is 5.32 Å². The Kier molecular flexibility index (Phi) is 5.20. The van der Waals surface area contributed by atoms with E-state index in [1.165, 1.54) is 22.1 Å². The van der Waals surface area contributed by atoms with Crippen LogP contribution in [-0.2, 0) is 0 Å². The number of hydrogen-bond acceptors (Lipinski definition) is 3. The highest BCUT2D eigenvalue weighted by atomic mass is 14.9. The molecule has 0 aliphatic carbocycles. The van der Waals surface area contributed by atoms with Gasteiger partial charge in [-0.3, -0.25) is 0 Å². The highest BCUT2D eigenvalue weighted by molar-refractivity contribution is 6.17. The van der Waals surface area contributed by atoms with Crippen LogP contribution in [0.15, 0.2) is 127 Å². The predicted octanol–water partition coefficient (Wildman–Crippen LogP) is 9.38. The first-order valence-electron chi connectivity index (χ1n) is 13.7. The third-order valence-electron chi connectivity index (χ3n) is 7.84. The third kappa shape index (κ3) is 3.67. The Morgan fingerprint density at radius 1 is 0.600 bits per heavy atom. The molecule has 188 valence electrons. The Hall–Kier alpha value is -5.28. The first-order valence-corrected chi connectivity index (χ1v) is 13.7. The molecular formula is C37H25N3. The molecule has 3 heterocycles. The van der Waals surface area contributed by atoms with Crippen molar-refractivity contribution in [3.05, 3.63) is 133 Å². The predicted molar refractivity (Wildman–Crippen MR) is 168 cm³/mol. The van der Waals surface area contributed by atoms with Crippen LogP contribution in [0.25, 0.3) is 72.3 Å². The first kappa shape index (κ1) is 22.7. The highest BCUT2D eigenvalue weighted by Gasteiger charge is 2.16. The molecule has 0 amide bonds. The second-order valence-electron chi connectivity index (χ2n) is 10.2. The van der Waals surface area contributed by atoms with Gasteiger partial charge in [0.05, 0.1) is 28.1 Å². The molecule has 40 heavy (non-hydrogen) atoms. The fourth-order valence-corrected chi connectivity index (χ4v) is 5.93. The maximum absolute atomic E-state index is 5.28. The number of nitrogens with one attached hydrogen (secondary N) is 1. The second kappa shape index (κ2) is 9.18. The Labute approximate surface area is 232 Å². The number of rotatable bonds is 3. The zero-order chi connectivity index (χ0) is 26.5. The van der Waals surface area contributed by atoms with Crippen molar-refractivity contribution in [2.75, 3.05) is 11.9 Å². The number of fused-ring (bicyclic) bond motifs is 6. The highest BCUT2D eigenvalue weighted by Crippen LogP contribution is 2.40. The van der Waals surface area contributed by atoms with Crippen LogP contribution in [-0.4, -0.2) is 16.5 Å². The largest absolute Gasteiger partial charge is 0.379 e. The molecule has 3 heteroatoms. The summed E-state index contributed by atoms with van der Waals surface area (Å²) in [6.45, 7) is 0.816. The Bertz CT molecular complexity index is 2090. The third-order valence-corrected chi connectivity index (χ3v) is 7.84. The average Bonchev–Trinajstić information content (AvgIpc) is 3.04. The number of benzene rings is 5. The maximum Gasteiger partial charge on any atom is 0.0947 e. The zero-order valence-corrected chi connectivity index (χ0v) is 21.8. The number of hydrogen-bond donors (Lipinski definition) is 1. The minimum absolute atomic E-state index is 0.816. The van der Waals surface area contributed by atoms with Gasteiger partial charge in [0.25, 0.3) is 0 Å². The van der Waals surface area contributed by atoms with Crippen molar-refractivity contribution in [2.24, 2.45) is 0 Å². The van der Waals surface area contributed by atoms with E-state index in [0.29, 0.717) is 0 Å². The summed E-state index contributed by atoms with van der Waals surface area (Å²) in [6.07, 6.45) is 4.31. The molecule has 3 nitrogen and oxygen atoms in total. The Balaban J connectivity index is 1.39. The van der Waals surface area contributed by atoms with E-state index >= 15 is 0 Å². The monoisotopic (exact) mass is 511 g/mol. The van der Waals surface area contributed by atoms with Gasteiger partial charge in [-0.25, -0.2) is 9.97 Å². The number of anilines is 1. The van der Waals surface area contributed by atoms with E-state index in [2.05, 4.69) is 139 Å². The topological polar surface area (TPSA) is 37.8 Å². The molecule has 1 aliphatic rings. The van der Waals surface area contributed by atoms with Gasteiger partial charge in [-0.2, -0.15) is 0 Å². The molecule has 5 aromatic carbocycles. The van der Waals surface area contributed by atoms with Crippen molar-refractivity contribution < 1.29 is 0 Å². The number of pyridine rings is 2. The molecule has 0 atom stereocenters. The van der Waals surface area contributed by atoms with E-state index < -0.39 is 0 Å². The van der Waals surface area contributed by atoms with Crippen molar-refractivity contribution in [1.29, 1.82) is 0 Å². The van der Waals surface area contributed by atoms with E-state index in [1.54, 1.807) is 0 Å². The van der Waals surface area contributed by atoms with Gasteiger partial charge in [0.2, 0.25) is 0 Å². The zero-order valence-electron chi connectivity index (χ0n) is 21.8. The van der Waals surface area contributed by atoms with Crippen molar-refractivity contribution in [3.8, 4) is 33.6 Å². The van der Waals surface area contributed by atoms with Crippen LogP contribution in [0.1, 0.15) is 5.56 Å². The molecule has 0 fully saturated rings. The van der Waals surface area contributed by atoms with Crippen LogP contribution in [0.5, 0.6) is 0 Å². The molecule has 0 saturated heterocycles. The molecule has 1 N–H and O–H groups in total. The van der Waals surface area contributed by atoms with Crippen molar-refractivity contribution >= 4 is 44.3 Å². The summed E-state index contributed by atoms with van der Waals surface area (Å²) in [4.78, 5) is 10.4. The van der Waals surface area contributed by atoms with Crippen LogP contribution in [0, 0.1) is 0 Å². The summed E-state index contributed by atoms with van der Waals surface area (Å²) >= 11 is 0. The summed E-state index contributed by atoms with van der Waals surface area (Å²) in [5.74, 6) is 0. The quantitative estimate of drug-likeness (QED) is 0.240. The molecule has 0 unspecified atom stereocenters. The standard InChI is InChI=1S/C37H25N3/c1-3-9-24(10-4-1)29-14-7-15-31-34(29)30-20-18-28(23-33(30)40-35(31)25-11-5-2-6-12-25)32-21-19-27-17-16-26-13-8-22-38-36(26)37(27)39-32/h1-21,23,38H,22H2. The van der Waals surface area contributed by atoms with Gasteiger partial charge in [0.15, 0.2) is 0 Å². The summed E-state index contributed by atoms with van der Waals surface area (Å²) in [6, 6.07) is 42.8. The van der Waals surface area contributed by atoms with Gasteiger partial charge in [-0.1, -0.05) is 121 Å². The van der Waals surface area contributed by atoms with E-state index in [9.17, 15) is 0 Å². The van der Waals surface area contributed by atoms with Gasteiger partial charge < -0.3 is 5.32 Å². The van der Waals surface area contributed by atoms with Crippen LogP contribution in [0.4, 0.5) is 5.69 Å². The van der Waals surface area contributed by atoms with Crippen LogP contribution in [0.3, 0.4) is 0 Å². The van der Waals surface area contributed by atoms with Gasteiger partial charge in [-0.05, 0) is 28.8 Å². The first-order chi connectivity index (χ1) is 19.8. The number of nitrogens with zero attached hydrogens (tertiary/aromatic N) is 2. The Morgan fingerprint density at radius 3 is 2.25 bits per heavy atom. The van der Waals surface area contributed by atoms with Crippen molar-refractivity contribution in [3.63, 3.8) is 0 Å². The van der Waals surface area contributed by atoms with Crippen LogP contribution in [0.2, 0.25) is 0 Å². The summed E-state index contributed by atoms with van der Waals surface area (Å²) in [5.41, 5.74) is 10.8. The fraction of sp³-hybridized carbons (Fsp3) is 0.0270. The molecule has 0 spiro atoms. The smallest absolute Gasteiger partial charge is 0.0947 e. The molecule has 8 rings (SSSR count). The lowest BCUT2D eigenvalue weighted by Gasteiger charge is -2.16. The molecule has 0 saturated carbocycles. The summed E-state index contributed by atoms with van der Waals surface area (Å²) in [7, 11) is 0. The normalized spacial score (nSPS) is 12.5. The average molecular weight is 512 g/mol. The summed E-state index contributed by atoms with van der Waals surface area (Å²) < 4.78 is 0. The van der Waals surface area contributed by atoms with E-state index in [-0.39, 0.29) is 0 Å². The van der Waals surface area contributed by atoms with Crippen molar-refractivity contribution in [2.45, 2.75) is 0 Å². The van der Waals surface area contributed by atoms with E-state index in [0.717, 1.165) is 61.9 Å². The lowest BCUT2D eigenvalue weighted by Crippen LogP contribution is -2.05. The Morgan fingerprint density at radius 2 is 1.40 bits per heavy atom. The molecule has 1 aliphatic heterocycles. The van der Waals surface area contributed by atoms with E-state index in [1.807, 2.05) is 0 Å². The number of aromatic nitrogens is 2. The molecule has 0 bridgehead atoms. The molecule has 7 aromatic rings. The lowest BCUT2D eigenvalue weighted by atomic mass is 9.92. The SMILES string of the molecule is C1=Cc2ccc3ccc(-c4ccc5c(c4)nc(-c4ccccc4)c4cccc(-c6ccccc6)c45)nc3c2NC1. The molecular weight excluding hydrogens is 486 g/mol. The lowest BCUT2D eigenvalue weighted by molar-refractivity contribution is 1.30. The fourth-order valence-electron chi connectivity index (χ4n) is 5.93. The minimum atomic E-state index is 0.816. The van der Waals surface area contributed by atoms with E-state index in [4.69, 9.17) is 9.97 Å². The van der Waals surface area contributed by atoms with Crippen molar-refractivity contribution in [1.82, 2.24) is 9.97 Å². The second-order valence-corrected chi connectivity index (χ2v) is 10.2. The van der Waals surface area contributed by atoms with Crippen LogP contribution >= 0.6 is 0 Å². The van der Waals surface area contributed by atoms with Gasteiger partial charge >= 0.3 is 0 Å². The maximum atomic E-state index is 5.28. The summed E-state index contributed by atoms with van der Waals surface area (Å²) in [5, 5.41) is 8.17. The molecule has 2 aromatic heterocycles. The minimum Gasteiger partial charge on any atom is -0.379 e.